The number of aromatic nitrogens is 4. The van der Waals surface area contributed by atoms with Gasteiger partial charge in [-0.05, 0) is 83.0 Å². The Morgan fingerprint density at radius 3 is 1.16 bits per heavy atom. The summed E-state index contributed by atoms with van der Waals surface area (Å²) < 4.78 is 6.64. The van der Waals surface area contributed by atoms with Crippen LogP contribution in [0.2, 0.25) is 0 Å². The zero-order valence-electron chi connectivity index (χ0n) is 31.5. The van der Waals surface area contributed by atoms with Crippen LogP contribution in [0.4, 0.5) is 0 Å². The zero-order chi connectivity index (χ0) is 37.5. The third-order valence-electron chi connectivity index (χ3n) is 10.2. The average molecular weight is 717 g/mol. The first-order valence-corrected chi connectivity index (χ1v) is 18.6. The molecule has 268 valence electrons. The average Bonchev–Trinajstić information content (AvgIpc) is 4.04. The molecule has 0 aliphatic carbocycles. The number of hydrogen-bond donors (Lipinski definition) is 2. The third-order valence-corrected chi connectivity index (χ3v) is 10.2. The molecule has 6 nitrogen and oxygen atoms in total. The van der Waals surface area contributed by atoms with E-state index in [0.29, 0.717) is 0 Å². The van der Waals surface area contributed by atoms with Crippen molar-refractivity contribution in [2.75, 3.05) is 28.3 Å². The minimum absolute atomic E-state index is 0.765. The smallest absolute Gasteiger partial charge is 0.127 e. The lowest BCUT2D eigenvalue weighted by Crippen LogP contribution is -2.33. The van der Waals surface area contributed by atoms with Crippen LogP contribution in [-0.4, -0.2) is 52.7 Å². The fraction of sp³-hybridized carbons (Fsp3) is 0.102. The molecule has 0 spiro atoms. The fourth-order valence-corrected chi connectivity index (χ4v) is 7.80. The lowest BCUT2D eigenvalue weighted by atomic mass is 10.00. The molecule has 3 aromatic heterocycles. The number of H-pyrrole nitrogens is 2. The topological polar surface area (TPSA) is 66.6 Å². The Labute approximate surface area is 321 Å². The first-order chi connectivity index (χ1) is 26.8. The van der Waals surface area contributed by atoms with Gasteiger partial charge in [0.2, 0.25) is 0 Å². The lowest BCUT2D eigenvalue weighted by Gasteiger charge is -2.25. The van der Waals surface area contributed by atoms with Crippen molar-refractivity contribution in [2.45, 2.75) is 6.54 Å². The van der Waals surface area contributed by atoms with Crippen LogP contribution in [0.15, 0.2) is 133 Å². The summed E-state index contributed by atoms with van der Waals surface area (Å²) in [5, 5.41) is 0. The van der Waals surface area contributed by atoms with Crippen LogP contribution in [0.1, 0.15) is 28.3 Å². The van der Waals surface area contributed by atoms with E-state index in [1.54, 1.807) is 7.11 Å². The standard InChI is InChI=1S/C49H42N5O/c1-54(2,3)31-36-30-35(20-29-45(36)55-4)49-43-27-25-41(52-43)47(33-16-10-6-11-17-33)39-23-21-37(50-39)46(32-14-8-5-9-15-32)38-22-24-40(51-38)48(34-18-12-7-13-19-34)42-26-28-44(49)53-42/h5-30,50,53H,31H2,1-4H3/q+1. The van der Waals surface area contributed by atoms with Gasteiger partial charge in [-0.2, -0.15) is 0 Å². The first kappa shape index (κ1) is 34.0. The number of benzene rings is 4. The molecule has 2 aliphatic rings. The second-order valence-electron chi connectivity index (χ2n) is 15.1. The van der Waals surface area contributed by atoms with Gasteiger partial charge in [-0.25, -0.2) is 9.97 Å². The van der Waals surface area contributed by atoms with E-state index in [-0.39, 0.29) is 0 Å². The maximum atomic E-state index is 5.88. The zero-order valence-corrected chi connectivity index (χ0v) is 31.5. The van der Waals surface area contributed by atoms with Crippen molar-refractivity contribution >= 4 is 46.4 Å². The molecule has 5 heterocycles. The van der Waals surface area contributed by atoms with Crippen molar-refractivity contribution in [1.82, 2.24) is 19.9 Å². The first-order valence-electron chi connectivity index (χ1n) is 18.6. The van der Waals surface area contributed by atoms with Gasteiger partial charge in [0.25, 0.3) is 0 Å². The van der Waals surface area contributed by atoms with Gasteiger partial charge in [-0.3, -0.25) is 0 Å². The number of quaternary nitrogens is 1. The van der Waals surface area contributed by atoms with E-state index in [4.69, 9.17) is 14.7 Å². The maximum Gasteiger partial charge on any atom is 0.127 e. The second kappa shape index (κ2) is 13.9. The van der Waals surface area contributed by atoms with Gasteiger partial charge >= 0.3 is 0 Å². The number of aromatic amines is 2. The van der Waals surface area contributed by atoms with Crippen LogP contribution in [0, 0.1) is 0 Å². The Bertz CT molecular complexity index is 2750. The van der Waals surface area contributed by atoms with Crippen LogP contribution >= 0.6 is 0 Å². The normalized spacial score (nSPS) is 12.3. The molecule has 0 radical (unpaired) electrons. The van der Waals surface area contributed by atoms with Crippen LogP contribution in [0.5, 0.6) is 5.75 Å². The van der Waals surface area contributed by atoms with Gasteiger partial charge in [0.15, 0.2) is 0 Å². The predicted molar refractivity (Wildman–Crippen MR) is 229 cm³/mol. The van der Waals surface area contributed by atoms with E-state index in [9.17, 15) is 0 Å². The molecular weight excluding hydrogens is 675 g/mol. The molecule has 6 heteroatoms. The van der Waals surface area contributed by atoms with Crippen LogP contribution in [0.25, 0.3) is 90.9 Å². The molecule has 0 saturated heterocycles. The van der Waals surface area contributed by atoms with Gasteiger partial charge in [0.05, 0.1) is 51.0 Å². The van der Waals surface area contributed by atoms with Gasteiger partial charge < -0.3 is 19.2 Å². The van der Waals surface area contributed by atoms with Gasteiger partial charge in [-0.15, -0.1) is 0 Å². The molecule has 2 aliphatic heterocycles. The summed E-state index contributed by atoms with van der Waals surface area (Å²) in [7, 11) is 8.34. The molecule has 0 fully saturated rings. The number of nitrogens with zero attached hydrogens (tertiary/aromatic N) is 3. The molecule has 4 aromatic carbocycles. The van der Waals surface area contributed by atoms with Crippen LogP contribution < -0.4 is 4.74 Å². The number of hydrogen-bond acceptors (Lipinski definition) is 3. The van der Waals surface area contributed by atoms with Crippen molar-refractivity contribution in [3.63, 3.8) is 0 Å². The number of rotatable bonds is 7. The number of methoxy groups -OCH3 is 1. The maximum absolute atomic E-state index is 5.88. The Morgan fingerprint density at radius 2 is 0.818 bits per heavy atom. The van der Waals surface area contributed by atoms with Crippen LogP contribution in [-0.2, 0) is 6.54 Å². The number of ether oxygens (including phenoxy) is 1. The highest BCUT2D eigenvalue weighted by Crippen LogP contribution is 2.39. The van der Waals surface area contributed by atoms with Crippen molar-refractivity contribution in [3.8, 4) is 50.3 Å². The molecule has 0 saturated carbocycles. The molecule has 0 unspecified atom stereocenters. The summed E-state index contributed by atoms with van der Waals surface area (Å²) in [5.41, 5.74) is 17.0. The van der Waals surface area contributed by atoms with Crippen molar-refractivity contribution < 1.29 is 9.22 Å². The van der Waals surface area contributed by atoms with Gasteiger partial charge in [-0.1, -0.05) is 97.1 Å². The van der Waals surface area contributed by atoms with E-state index in [1.807, 2.05) is 0 Å². The molecule has 0 atom stereocenters. The number of nitrogens with one attached hydrogen (secondary N) is 2. The molecule has 0 amide bonds. The van der Waals surface area contributed by atoms with E-state index in [2.05, 4.69) is 189 Å². The predicted octanol–water partition coefficient (Wildman–Crippen LogP) is 11.5. The Hall–Kier alpha value is -6.76. The van der Waals surface area contributed by atoms with Crippen molar-refractivity contribution in [3.05, 3.63) is 162 Å². The van der Waals surface area contributed by atoms with Crippen LogP contribution in [0.3, 0.4) is 0 Å². The highest BCUT2D eigenvalue weighted by Gasteiger charge is 2.20. The number of fused-ring (bicyclic) bond motifs is 8. The summed E-state index contributed by atoms with van der Waals surface area (Å²) in [6, 6.07) is 46.7. The second-order valence-corrected chi connectivity index (χ2v) is 15.1. The van der Waals surface area contributed by atoms with Gasteiger partial charge in [0.1, 0.15) is 12.3 Å². The lowest BCUT2D eigenvalue weighted by molar-refractivity contribution is -0.884. The molecule has 55 heavy (non-hydrogen) atoms. The van der Waals surface area contributed by atoms with E-state index in [0.717, 1.165) is 112 Å². The Balaban J connectivity index is 1.45. The molecule has 9 rings (SSSR count). The highest BCUT2D eigenvalue weighted by atomic mass is 16.5. The summed E-state index contributed by atoms with van der Waals surface area (Å²) >= 11 is 0. The summed E-state index contributed by atoms with van der Waals surface area (Å²) in [6.07, 6.45) is 8.57. The molecule has 7 aromatic rings. The quantitative estimate of drug-likeness (QED) is 0.161. The summed E-state index contributed by atoms with van der Waals surface area (Å²) in [4.78, 5) is 18.6. The highest BCUT2D eigenvalue weighted by molar-refractivity contribution is 5.99. The van der Waals surface area contributed by atoms with Crippen molar-refractivity contribution in [2.24, 2.45) is 0 Å². The molecule has 8 bridgehead atoms. The molecular formula is C49H42N5O+. The SMILES string of the molecule is COc1ccc(-c2c3nc(c(-c4ccccc4)c4ccc([nH]4)c(-c4ccccc4)c4nc(c(-c5ccccc5)c5ccc2[nH]5)C=C4)C=C3)cc1C[N+](C)(C)C. The minimum Gasteiger partial charge on any atom is -0.496 e. The minimum atomic E-state index is 0.765. The van der Waals surface area contributed by atoms with E-state index in [1.165, 1.54) is 0 Å². The monoisotopic (exact) mass is 716 g/mol. The Kier molecular flexibility index (Phi) is 8.60. The summed E-state index contributed by atoms with van der Waals surface area (Å²) in [6.45, 7) is 0.806. The summed E-state index contributed by atoms with van der Waals surface area (Å²) in [5.74, 6) is 0.876. The third kappa shape index (κ3) is 6.58. The van der Waals surface area contributed by atoms with E-state index < -0.39 is 0 Å². The van der Waals surface area contributed by atoms with Gasteiger partial charge in [0, 0.05) is 49.9 Å². The van der Waals surface area contributed by atoms with E-state index >= 15 is 0 Å². The fourth-order valence-electron chi connectivity index (χ4n) is 7.80. The largest absolute Gasteiger partial charge is 0.496 e. The van der Waals surface area contributed by atoms with Crippen molar-refractivity contribution in [1.29, 1.82) is 0 Å². The Morgan fingerprint density at radius 1 is 0.455 bits per heavy atom. The molecule has 2 N–H and O–H groups in total.